The molecule has 6 heteroatoms. The van der Waals surface area contributed by atoms with Crippen LogP contribution in [0.15, 0.2) is 0 Å². The van der Waals surface area contributed by atoms with Gasteiger partial charge in [0.2, 0.25) is 0 Å². The van der Waals surface area contributed by atoms with Crippen molar-refractivity contribution < 1.29 is 15.8 Å². The average molecular weight is 152 g/mol. The van der Waals surface area contributed by atoms with Gasteiger partial charge >= 0.3 is 55.1 Å². The van der Waals surface area contributed by atoms with Gasteiger partial charge in [-0.3, -0.25) is 0 Å². The fourth-order valence-electron chi connectivity index (χ4n) is 0. The molecular weight excluding hydrogens is 147 g/mol. The van der Waals surface area contributed by atoms with Crippen LogP contribution in [-0.2, 0) is 19.4 Å². The van der Waals surface area contributed by atoms with Crippen LogP contribution in [0.25, 0.3) is 0 Å². The van der Waals surface area contributed by atoms with Crippen LogP contribution in [0.4, 0.5) is 0 Å². The molecule has 0 atom stereocenters. The van der Waals surface area contributed by atoms with Gasteiger partial charge in [-0.2, -0.15) is 0 Å². The van der Waals surface area contributed by atoms with E-state index < -0.39 is 11.0 Å². The van der Waals surface area contributed by atoms with Crippen molar-refractivity contribution in [1.82, 2.24) is 0 Å². The first-order valence-corrected chi connectivity index (χ1v) is 1.55. The molecule has 0 spiro atoms. The Balaban J connectivity index is -0.00000000750. The molecule has 3 nitrogen and oxygen atoms in total. The first-order valence-electron chi connectivity index (χ1n) is 0.516. The van der Waals surface area contributed by atoms with Crippen LogP contribution in [0, 0.1) is 0 Å². The topological polar surface area (TPSA) is 54.4 Å². The molecule has 0 saturated heterocycles. The number of rotatable bonds is 0. The van der Waals surface area contributed by atoms with Crippen LogP contribution in [0.3, 0.4) is 0 Å². The Morgan fingerprint density at radius 3 is 1.50 bits per heavy atom. The summed E-state index contributed by atoms with van der Waals surface area (Å²) >= 11 is 0. The fraction of sp³-hybridized carbons (Fsp3) is 0. The zero-order valence-corrected chi connectivity index (χ0v) is 8.40. The molecule has 0 heterocycles. The standard InChI is InChI=1S/Al.Ca.HO3S.4H/c;;1-4(2)3;;;;/h;;(H,1,2,3);;;;/q+1;+2;-1;;;2*-1. The maximum absolute atomic E-state index is 8.56. The van der Waals surface area contributed by atoms with E-state index in [0.29, 0.717) is 0 Å². The monoisotopic (exact) mass is 152 g/mol. The van der Waals surface area contributed by atoms with Gasteiger partial charge < -0.3 is 15.8 Å². The third-order valence-electron chi connectivity index (χ3n) is 0. The second-order valence-corrected chi connectivity index (χ2v) is 0.651. The van der Waals surface area contributed by atoms with Gasteiger partial charge in [-0.05, 0) is 0 Å². The minimum Gasteiger partial charge on any atom is -1.00 e. The molecule has 1 N–H and O–H groups in total. The third-order valence-corrected chi connectivity index (χ3v) is 0. The summed E-state index contributed by atoms with van der Waals surface area (Å²) in [7, 11) is -2.86. The van der Waals surface area contributed by atoms with Crippen LogP contribution in [-0.4, -0.2) is 59.7 Å². The zero-order chi connectivity index (χ0) is 3.58. The molecule has 34 valence electrons. The minimum absolute atomic E-state index is 0. The van der Waals surface area contributed by atoms with Gasteiger partial charge in [0.1, 0.15) is 0 Å². The predicted octanol–water partition coefficient (Wildman–Crippen LogP) is -1.30. The second kappa shape index (κ2) is 9.86. The third kappa shape index (κ3) is 43.5. The normalized spacial score (nSPS) is 5.67. The Bertz CT molecular complexity index is 65.7. The van der Waals surface area contributed by atoms with Gasteiger partial charge in [-0.15, -0.1) is 0 Å². The molecule has 0 saturated carbocycles. The Morgan fingerprint density at radius 2 is 1.50 bits per heavy atom. The Kier molecular flexibility index (Phi) is 25.7. The van der Waals surface area contributed by atoms with Crippen molar-refractivity contribution in [2.75, 3.05) is 0 Å². The molecule has 0 unspecified atom stereocenters. The molecule has 0 rings (SSSR count). The minimum atomic E-state index is -2.86. The molecule has 0 aromatic heterocycles. The van der Waals surface area contributed by atoms with Crippen molar-refractivity contribution in [3.63, 3.8) is 0 Å². The van der Waals surface area contributed by atoms with Crippen molar-refractivity contribution in [2.24, 2.45) is 0 Å². The number of hydrogen-bond donors (Lipinski definition) is 1. The smallest absolute Gasteiger partial charge is 1.00 e. The molecule has 0 aliphatic carbocycles. The molecular formula is H5AlCaO3S. The van der Waals surface area contributed by atoms with Gasteiger partial charge in [0.25, 0.3) is 0 Å². The summed E-state index contributed by atoms with van der Waals surface area (Å²) in [6.07, 6.45) is 0. The SMILES string of the molecule is O=[S-](=O)O.[AlH2+].[Ca+2].[H-].[H-]. The van der Waals surface area contributed by atoms with Crippen LogP contribution in [0.1, 0.15) is 2.85 Å². The quantitative estimate of drug-likeness (QED) is 0.203. The van der Waals surface area contributed by atoms with Gasteiger partial charge in [-0.25, -0.2) is 0 Å². The Hall–Kier alpha value is 1.70. The van der Waals surface area contributed by atoms with Crippen molar-refractivity contribution >= 4 is 66.1 Å². The van der Waals surface area contributed by atoms with E-state index in [0.717, 1.165) is 0 Å². The maximum Gasteiger partial charge on any atom is 2.00 e. The fourth-order valence-corrected chi connectivity index (χ4v) is 0. The van der Waals surface area contributed by atoms with Crippen molar-refractivity contribution in [2.45, 2.75) is 0 Å². The molecule has 0 fully saturated rings. The molecule has 0 aromatic carbocycles. The average Bonchev–Trinajstić information content (AvgIpc) is 0.811. The second-order valence-electron chi connectivity index (χ2n) is 0.217. The molecule has 0 amide bonds. The largest absolute Gasteiger partial charge is 2.00 e. The van der Waals surface area contributed by atoms with Crippen LogP contribution >= 0.6 is 0 Å². The van der Waals surface area contributed by atoms with E-state index in [1.807, 2.05) is 0 Å². The van der Waals surface area contributed by atoms with Gasteiger partial charge in [0.15, 0.2) is 0 Å². The molecule has 0 aliphatic rings. The van der Waals surface area contributed by atoms with Crippen LogP contribution in [0.5, 0.6) is 0 Å². The Labute approximate surface area is 81.0 Å². The van der Waals surface area contributed by atoms with Crippen molar-refractivity contribution in [3.05, 3.63) is 0 Å². The summed E-state index contributed by atoms with van der Waals surface area (Å²) in [5.74, 6) is 0. The van der Waals surface area contributed by atoms with E-state index in [9.17, 15) is 0 Å². The van der Waals surface area contributed by atoms with Crippen molar-refractivity contribution in [3.8, 4) is 0 Å². The molecule has 0 aliphatic heterocycles. The van der Waals surface area contributed by atoms with Gasteiger partial charge in [-0.1, -0.05) is 0 Å². The van der Waals surface area contributed by atoms with Gasteiger partial charge in [0, 0.05) is 11.0 Å². The summed E-state index contributed by atoms with van der Waals surface area (Å²) in [6.45, 7) is 0. The summed E-state index contributed by atoms with van der Waals surface area (Å²) in [5, 5.41) is 0. The molecule has 0 bridgehead atoms. The van der Waals surface area contributed by atoms with E-state index in [2.05, 4.69) is 0 Å². The molecule has 0 aromatic rings. The first-order chi connectivity index (χ1) is 1.73. The number of hydrogen-bond acceptors (Lipinski definition) is 3. The summed E-state index contributed by atoms with van der Waals surface area (Å²) in [4.78, 5) is 0. The summed E-state index contributed by atoms with van der Waals surface area (Å²) in [6, 6.07) is 0. The van der Waals surface area contributed by atoms with E-state index in [1.165, 1.54) is 0 Å². The van der Waals surface area contributed by atoms with Crippen LogP contribution in [0.2, 0.25) is 0 Å². The van der Waals surface area contributed by atoms with E-state index in [1.54, 1.807) is 0 Å². The van der Waals surface area contributed by atoms with Gasteiger partial charge in [0.05, 0.1) is 0 Å². The zero-order valence-electron chi connectivity index (χ0n) is 5.38. The molecule has 6 heavy (non-hydrogen) atoms. The first kappa shape index (κ1) is 15.6. The molecule has 0 radical (unpaired) electrons. The Morgan fingerprint density at radius 1 is 1.50 bits per heavy atom. The summed E-state index contributed by atoms with van der Waals surface area (Å²) in [5.41, 5.74) is 0. The van der Waals surface area contributed by atoms with E-state index in [4.69, 9.17) is 13.0 Å². The predicted molar refractivity (Wildman–Crippen MR) is 27.9 cm³/mol. The van der Waals surface area contributed by atoms with E-state index >= 15 is 0 Å². The maximum atomic E-state index is 8.56. The summed E-state index contributed by atoms with van der Waals surface area (Å²) < 4.78 is 24.1. The van der Waals surface area contributed by atoms with Crippen LogP contribution < -0.4 is 0 Å². The van der Waals surface area contributed by atoms with Crippen molar-refractivity contribution in [1.29, 1.82) is 0 Å². The van der Waals surface area contributed by atoms with E-state index in [-0.39, 0.29) is 58.0 Å².